The van der Waals surface area contributed by atoms with E-state index in [1.165, 1.54) is 15.0 Å². The fourth-order valence-corrected chi connectivity index (χ4v) is 4.62. The molecule has 0 saturated carbocycles. The molecule has 1 aliphatic rings. The largest absolute Gasteiger partial charge is 0.338 e. The van der Waals surface area contributed by atoms with Crippen molar-refractivity contribution in [2.75, 3.05) is 37.6 Å². The third-order valence-corrected chi connectivity index (χ3v) is 6.47. The Labute approximate surface area is 214 Å². The molecule has 8 nitrogen and oxygen atoms in total. The maximum absolute atomic E-state index is 14.6. The van der Waals surface area contributed by atoms with Crippen LogP contribution in [-0.4, -0.2) is 56.6 Å². The van der Waals surface area contributed by atoms with Crippen molar-refractivity contribution in [1.82, 2.24) is 23.8 Å². The van der Waals surface area contributed by atoms with Crippen LogP contribution in [-0.2, 0) is 6.54 Å². The van der Waals surface area contributed by atoms with Gasteiger partial charge >= 0.3 is 5.69 Å². The van der Waals surface area contributed by atoms with Gasteiger partial charge in [-0.05, 0) is 43.7 Å². The smallest absolute Gasteiger partial charge is 0.335 e. The van der Waals surface area contributed by atoms with Crippen LogP contribution in [0.2, 0.25) is 0 Å². The summed E-state index contributed by atoms with van der Waals surface area (Å²) in [5.74, 6) is 0.273. The topological polar surface area (TPSA) is 75.7 Å². The Morgan fingerprint density at radius 2 is 1.53 bits per heavy atom. The number of halogens is 2. The summed E-state index contributed by atoms with van der Waals surface area (Å²) in [6.07, 6.45) is 6.65. The average Bonchev–Trinajstić information content (AvgIpc) is 2.90. The van der Waals surface area contributed by atoms with E-state index in [1.54, 1.807) is 55.0 Å². The highest BCUT2D eigenvalue weighted by atomic mass is 35.5. The van der Waals surface area contributed by atoms with Crippen LogP contribution in [0, 0.1) is 5.82 Å². The molecule has 0 atom stereocenters. The van der Waals surface area contributed by atoms with Crippen LogP contribution >= 0.6 is 12.4 Å². The Hall–Kier alpha value is -3.56. The molecule has 188 valence electrons. The van der Waals surface area contributed by atoms with Crippen molar-refractivity contribution < 1.29 is 4.39 Å². The van der Waals surface area contributed by atoms with Crippen LogP contribution in [0.15, 0.2) is 76.7 Å². The minimum atomic E-state index is -0.486. The fraction of sp³-hybridized carbons (Fsp3) is 0.308. The number of rotatable bonds is 7. The monoisotopic (exact) mass is 510 g/mol. The molecule has 0 bridgehead atoms. The molecule has 4 heterocycles. The number of hydrogen-bond acceptors (Lipinski definition) is 6. The lowest BCUT2D eigenvalue weighted by molar-refractivity contribution is 0.250. The van der Waals surface area contributed by atoms with E-state index in [2.05, 4.69) is 19.8 Å². The second-order valence-electron chi connectivity index (χ2n) is 8.63. The van der Waals surface area contributed by atoms with Gasteiger partial charge < -0.3 is 4.90 Å². The highest BCUT2D eigenvalue weighted by Gasteiger charge is 2.20. The molecular formula is C26H28ClFN6O2. The second kappa shape index (κ2) is 11.5. The van der Waals surface area contributed by atoms with Crippen molar-refractivity contribution in [3.63, 3.8) is 0 Å². The van der Waals surface area contributed by atoms with Gasteiger partial charge in [-0.1, -0.05) is 24.3 Å². The van der Waals surface area contributed by atoms with Crippen molar-refractivity contribution in [2.24, 2.45) is 0 Å². The Bertz CT molecular complexity index is 1430. The van der Waals surface area contributed by atoms with E-state index >= 15 is 0 Å². The van der Waals surface area contributed by atoms with Crippen LogP contribution in [0.5, 0.6) is 0 Å². The van der Waals surface area contributed by atoms with Gasteiger partial charge in [0.25, 0.3) is 5.56 Å². The van der Waals surface area contributed by atoms with E-state index in [4.69, 9.17) is 0 Å². The predicted octanol–water partition coefficient (Wildman–Crippen LogP) is 3.08. The highest BCUT2D eigenvalue weighted by molar-refractivity contribution is 5.85. The summed E-state index contributed by atoms with van der Waals surface area (Å²) in [6, 6.07) is 13.1. The molecule has 0 aliphatic carbocycles. The van der Waals surface area contributed by atoms with Crippen LogP contribution in [0.25, 0.3) is 16.6 Å². The summed E-state index contributed by atoms with van der Waals surface area (Å²) in [6.45, 7) is 4.72. The number of unbranched alkanes of at least 4 members (excludes halogenated alkanes) is 1. The number of piperazine rings is 1. The minimum absolute atomic E-state index is 0. The molecule has 1 saturated heterocycles. The van der Waals surface area contributed by atoms with E-state index < -0.39 is 17.1 Å². The molecule has 1 aromatic carbocycles. The molecule has 10 heteroatoms. The fourth-order valence-electron chi connectivity index (χ4n) is 4.62. The standard InChI is InChI=1S/C26H27FN6O2.ClH/c27-21-9-2-1-8-20(21)23-22-10-3-4-14-32(22)26(35)33(24(23)34)15-6-5-13-30-16-18-31(19-17-30)25-28-11-7-12-29-25;/h1-4,7-12,14H,5-6,13,15-19H2;1H. The van der Waals surface area contributed by atoms with Gasteiger partial charge in [0.05, 0.1) is 11.1 Å². The normalized spacial score (nSPS) is 14.1. The van der Waals surface area contributed by atoms with Crippen LogP contribution in [0.1, 0.15) is 12.8 Å². The zero-order valence-corrected chi connectivity index (χ0v) is 20.6. The molecule has 1 fully saturated rings. The van der Waals surface area contributed by atoms with Crippen LogP contribution < -0.4 is 16.1 Å². The molecule has 0 radical (unpaired) electrons. The van der Waals surface area contributed by atoms with Crippen LogP contribution in [0.4, 0.5) is 10.3 Å². The van der Waals surface area contributed by atoms with E-state index in [9.17, 15) is 14.0 Å². The number of hydrogen-bond donors (Lipinski definition) is 0. The van der Waals surface area contributed by atoms with Crippen LogP contribution in [0.3, 0.4) is 0 Å². The minimum Gasteiger partial charge on any atom is -0.338 e. The number of fused-ring (bicyclic) bond motifs is 1. The molecule has 0 amide bonds. The first kappa shape index (κ1) is 25.5. The zero-order valence-electron chi connectivity index (χ0n) is 19.8. The van der Waals surface area contributed by atoms with Crippen molar-refractivity contribution in [2.45, 2.75) is 19.4 Å². The van der Waals surface area contributed by atoms with E-state index in [-0.39, 0.29) is 30.1 Å². The summed E-state index contributed by atoms with van der Waals surface area (Å²) >= 11 is 0. The molecular weight excluding hydrogens is 483 g/mol. The van der Waals surface area contributed by atoms with Crippen molar-refractivity contribution >= 4 is 23.9 Å². The average molecular weight is 511 g/mol. The second-order valence-corrected chi connectivity index (χ2v) is 8.63. The first-order valence-electron chi connectivity index (χ1n) is 11.9. The summed E-state index contributed by atoms with van der Waals surface area (Å²) in [7, 11) is 0. The molecule has 5 rings (SSSR count). The van der Waals surface area contributed by atoms with Gasteiger partial charge in [-0.25, -0.2) is 19.2 Å². The number of aromatic nitrogens is 4. The molecule has 0 N–H and O–H groups in total. The molecule has 1 aliphatic heterocycles. The summed E-state index contributed by atoms with van der Waals surface area (Å²) in [5, 5.41) is 0. The van der Waals surface area contributed by atoms with Gasteiger partial charge in [0.1, 0.15) is 5.82 Å². The van der Waals surface area contributed by atoms with Gasteiger partial charge in [-0.2, -0.15) is 0 Å². The molecule has 4 aromatic rings. The summed E-state index contributed by atoms with van der Waals surface area (Å²) < 4.78 is 17.3. The maximum Gasteiger partial charge on any atom is 0.335 e. The van der Waals surface area contributed by atoms with E-state index in [0.29, 0.717) is 11.9 Å². The van der Waals surface area contributed by atoms with E-state index in [0.717, 1.165) is 45.1 Å². The summed E-state index contributed by atoms with van der Waals surface area (Å²) in [5.41, 5.74) is -0.0353. The number of anilines is 1. The Morgan fingerprint density at radius 3 is 2.28 bits per heavy atom. The van der Waals surface area contributed by atoms with Crippen molar-refractivity contribution in [1.29, 1.82) is 0 Å². The third-order valence-electron chi connectivity index (χ3n) is 6.47. The Morgan fingerprint density at radius 1 is 0.833 bits per heavy atom. The summed E-state index contributed by atoms with van der Waals surface area (Å²) in [4.78, 5) is 39.7. The first-order valence-corrected chi connectivity index (χ1v) is 11.9. The SMILES string of the molecule is Cl.O=c1c(-c2ccccc2F)c2ccccn2c(=O)n1CCCCN1CCN(c2ncccn2)CC1. The first-order chi connectivity index (χ1) is 17.1. The lowest BCUT2D eigenvalue weighted by Gasteiger charge is -2.34. The number of pyridine rings is 1. The van der Waals surface area contributed by atoms with Crippen molar-refractivity contribution in [3.8, 4) is 11.1 Å². The third kappa shape index (κ3) is 5.17. The van der Waals surface area contributed by atoms with Crippen molar-refractivity contribution in [3.05, 3.63) is 93.8 Å². The highest BCUT2D eigenvalue weighted by Crippen LogP contribution is 2.23. The Balaban J connectivity index is 0.00000304. The Kier molecular flexibility index (Phi) is 8.12. The quantitative estimate of drug-likeness (QED) is 0.356. The molecule has 0 unspecified atom stereocenters. The maximum atomic E-state index is 14.6. The lowest BCUT2D eigenvalue weighted by atomic mass is 10.1. The van der Waals surface area contributed by atoms with E-state index in [1.807, 2.05) is 6.07 Å². The molecule has 0 spiro atoms. The zero-order chi connectivity index (χ0) is 24.2. The molecule has 36 heavy (non-hydrogen) atoms. The number of nitrogens with zero attached hydrogens (tertiary/aromatic N) is 6. The van der Waals surface area contributed by atoms with Gasteiger partial charge in [0.15, 0.2) is 0 Å². The van der Waals surface area contributed by atoms with Gasteiger partial charge in [0, 0.05) is 56.9 Å². The molecule has 3 aromatic heterocycles. The predicted molar refractivity (Wildman–Crippen MR) is 140 cm³/mol. The van der Waals surface area contributed by atoms with Gasteiger partial charge in [-0.3, -0.25) is 18.7 Å². The van der Waals surface area contributed by atoms with Gasteiger partial charge in [0.2, 0.25) is 5.95 Å². The lowest BCUT2D eigenvalue weighted by Crippen LogP contribution is -2.47. The number of benzene rings is 1. The van der Waals surface area contributed by atoms with Gasteiger partial charge in [-0.15, -0.1) is 12.4 Å².